The number of carbonyl (C=O) groups excluding carboxylic acids is 2. The van der Waals surface area contributed by atoms with Crippen LogP contribution in [-0.4, -0.2) is 37.1 Å². The number of ether oxygens (including phenoxy) is 1. The summed E-state index contributed by atoms with van der Waals surface area (Å²) in [5, 5.41) is 5.77. The number of nitrogens with one attached hydrogen (secondary N) is 2. The van der Waals surface area contributed by atoms with Gasteiger partial charge in [0.15, 0.2) is 0 Å². The van der Waals surface area contributed by atoms with Crippen molar-refractivity contribution >= 4 is 17.7 Å². The third kappa shape index (κ3) is 3.37. The highest BCUT2D eigenvalue weighted by atomic mass is 16.5. The fourth-order valence-corrected chi connectivity index (χ4v) is 2.91. The predicted molar refractivity (Wildman–Crippen MR) is 83.7 cm³/mol. The van der Waals surface area contributed by atoms with Crippen molar-refractivity contribution in [3.63, 3.8) is 0 Å². The lowest BCUT2D eigenvalue weighted by Crippen LogP contribution is -2.37. The van der Waals surface area contributed by atoms with Crippen LogP contribution in [0.2, 0.25) is 0 Å². The number of pyridine rings is 1. The van der Waals surface area contributed by atoms with Gasteiger partial charge in [-0.05, 0) is 31.9 Å². The van der Waals surface area contributed by atoms with Crippen molar-refractivity contribution in [2.75, 3.05) is 25.5 Å². The molecular formula is C16H23N3O3. The molecule has 1 aromatic rings. The summed E-state index contributed by atoms with van der Waals surface area (Å²) >= 11 is 0. The van der Waals surface area contributed by atoms with E-state index in [9.17, 15) is 9.59 Å². The Balaban J connectivity index is 2.14. The van der Waals surface area contributed by atoms with Gasteiger partial charge in [0.1, 0.15) is 5.82 Å². The highest BCUT2D eigenvalue weighted by Gasteiger charge is 2.42. The van der Waals surface area contributed by atoms with E-state index in [2.05, 4.69) is 15.6 Å². The molecule has 0 bridgehead atoms. The molecule has 0 spiro atoms. The lowest BCUT2D eigenvalue weighted by atomic mass is 9.86. The van der Waals surface area contributed by atoms with Crippen LogP contribution in [0, 0.1) is 5.41 Å². The third-order valence-corrected chi connectivity index (χ3v) is 4.14. The Morgan fingerprint density at radius 2 is 2.09 bits per heavy atom. The second-order valence-electron chi connectivity index (χ2n) is 5.54. The van der Waals surface area contributed by atoms with Gasteiger partial charge >= 0.3 is 5.97 Å². The number of aromatic nitrogens is 1. The van der Waals surface area contributed by atoms with Crippen LogP contribution < -0.4 is 10.6 Å². The summed E-state index contributed by atoms with van der Waals surface area (Å²) in [6.45, 7) is 2.64. The van der Waals surface area contributed by atoms with Crippen molar-refractivity contribution in [2.45, 2.75) is 32.6 Å². The van der Waals surface area contributed by atoms with Crippen molar-refractivity contribution in [2.24, 2.45) is 5.41 Å². The van der Waals surface area contributed by atoms with Gasteiger partial charge in [-0.2, -0.15) is 0 Å². The third-order valence-electron chi connectivity index (χ3n) is 4.14. The van der Waals surface area contributed by atoms with Gasteiger partial charge in [0, 0.05) is 19.8 Å². The number of carbonyl (C=O) groups is 2. The molecule has 1 heterocycles. The first kappa shape index (κ1) is 16.3. The zero-order valence-corrected chi connectivity index (χ0v) is 13.1. The molecule has 2 rings (SSSR count). The van der Waals surface area contributed by atoms with Crippen LogP contribution in [0.5, 0.6) is 0 Å². The largest absolute Gasteiger partial charge is 0.466 e. The van der Waals surface area contributed by atoms with Gasteiger partial charge in [0.05, 0.1) is 17.6 Å². The number of anilines is 1. The van der Waals surface area contributed by atoms with E-state index in [0.29, 0.717) is 24.5 Å². The minimum atomic E-state index is -0.506. The average Bonchev–Trinajstić information content (AvgIpc) is 3.03. The zero-order chi connectivity index (χ0) is 16.0. The summed E-state index contributed by atoms with van der Waals surface area (Å²) in [6.07, 6.45) is 5.28. The first-order chi connectivity index (χ1) is 10.6. The lowest BCUT2D eigenvalue weighted by Gasteiger charge is -2.27. The molecule has 22 heavy (non-hydrogen) atoms. The van der Waals surface area contributed by atoms with E-state index in [1.54, 1.807) is 25.4 Å². The monoisotopic (exact) mass is 305 g/mol. The van der Waals surface area contributed by atoms with Crippen molar-refractivity contribution in [3.05, 3.63) is 23.9 Å². The number of esters is 1. The second-order valence-corrected chi connectivity index (χ2v) is 5.54. The Labute approximate surface area is 130 Å². The number of hydrogen-bond donors (Lipinski definition) is 2. The Morgan fingerprint density at radius 1 is 1.36 bits per heavy atom. The van der Waals surface area contributed by atoms with Crippen LogP contribution in [0.1, 0.15) is 43.0 Å². The smallest absolute Gasteiger partial charge is 0.313 e. The van der Waals surface area contributed by atoms with Crippen molar-refractivity contribution in [3.8, 4) is 0 Å². The second kappa shape index (κ2) is 7.24. The Bertz CT molecular complexity index is 539. The summed E-state index contributed by atoms with van der Waals surface area (Å²) in [5.74, 6) is 0.141. The van der Waals surface area contributed by atoms with Crippen molar-refractivity contribution in [1.29, 1.82) is 0 Å². The molecule has 1 fully saturated rings. The van der Waals surface area contributed by atoms with E-state index in [1.807, 2.05) is 6.92 Å². The molecule has 0 unspecified atom stereocenters. The molecule has 0 aromatic carbocycles. The molecule has 0 atom stereocenters. The van der Waals surface area contributed by atoms with E-state index in [1.165, 1.54) is 0 Å². The molecule has 1 amide bonds. The summed E-state index contributed by atoms with van der Waals surface area (Å²) < 4.78 is 5.24. The molecule has 0 aliphatic heterocycles. The van der Waals surface area contributed by atoms with Crippen LogP contribution >= 0.6 is 0 Å². The highest BCUT2D eigenvalue weighted by molar-refractivity contribution is 5.98. The maximum absolute atomic E-state index is 12.3. The highest BCUT2D eigenvalue weighted by Crippen LogP contribution is 2.39. The maximum Gasteiger partial charge on any atom is 0.313 e. The summed E-state index contributed by atoms with van der Waals surface area (Å²) in [4.78, 5) is 28.4. The van der Waals surface area contributed by atoms with E-state index < -0.39 is 5.41 Å². The lowest BCUT2D eigenvalue weighted by molar-refractivity contribution is -0.154. The minimum absolute atomic E-state index is 0.155. The van der Waals surface area contributed by atoms with Crippen molar-refractivity contribution in [1.82, 2.24) is 10.3 Å². The molecule has 1 aromatic heterocycles. The summed E-state index contributed by atoms with van der Waals surface area (Å²) in [7, 11) is 1.58. The van der Waals surface area contributed by atoms with Crippen LogP contribution in [-0.2, 0) is 9.53 Å². The molecule has 120 valence electrons. The van der Waals surface area contributed by atoms with Gasteiger partial charge in [-0.3, -0.25) is 9.59 Å². The molecule has 1 aliphatic carbocycles. The Hall–Kier alpha value is -2.11. The molecule has 0 saturated heterocycles. The zero-order valence-electron chi connectivity index (χ0n) is 13.1. The number of amides is 1. The van der Waals surface area contributed by atoms with Gasteiger partial charge in [-0.1, -0.05) is 12.8 Å². The summed E-state index contributed by atoms with van der Waals surface area (Å²) in [6, 6.07) is 3.42. The molecule has 6 heteroatoms. The first-order valence-corrected chi connectivity index (χ1v) is 7.71. The van der Waals surface area contributed by atoms with Gasteiger partial charge in [-0.15, -0.1) is 0 Å². The quantitative estimate of drug-likeness (QED) is 0.786. The van der Waals surface area contributed by atoms with Crippen LogP contribution in [0.3, 0.4) is 0 Å². The fourth-order valence-electron chi connectivity index (χ4n) is 2.91. The van der Waals surface area contributed by atoms with E-state index in [4.69, 9.17) is 4.74 Å². The summed E-state index contributed by atoms with van der Waals surface area (Å²) in [5.41, 5.74) is -0.0324. The molecular weight excluding hydrogens is 282 g/mol. The van der Waals surface area contributed by atoms with Crippen molar-refractivity contribution < 1.29 is 14.3 Å². The molecule has 0 radical (unpaired) electrons. The topological polar surface area (TPSA) is 80.3 Å². The van der Waals surface area contributed by atoms with Crippen LogP contribution in [0.25, 0.3) is 0 Å². The normalized spacial score (nSPS) is 16.1. The van der Waals surface area contributed by atoms with Crippen LogP contribution in [0.4, 0.5) is 5.82 Å². The van der Waals surface area contributed by atoms with Crippen LogP contribution in [0.15, 0.2) is 18.3 Å². The maximum atomic E-state index is 12.3. The number of hydrogen-bond acceptors (Lipinski definition) is 5. The standard InChI is InChI=1S/C16H23N3O3/c1-3-22-15(21)16(8-4-5-9-16)11-19-13-12(14(20)17-2)7-6-10-18-13/h6-7,10H,3-5,8-9,11H2,1-2H3,(H,17,20)(H,18,19). The fraction of sp³-hybridized carbons (Fsp3) is 0.562. The molecule has 2 N–H and O–H groups in total. The average molecular weight is 305 g/mol. The van der Waals surface area contributed by atoms with Gasteiger partial charge in [0.2, 0.25) is 0 Å². The van der Waals surface area contributed by atoms with E-state index in [-0.39, 0.29) is 11.9 Å². The molecule has 1 saturated carbocycles. The van der Waals surface area contributed by atoms with Gasteiger partial charge in [-0.25, -0.2) is 4.98 Å². The first-order valence-electron chi connectivity index (χ1n) is 7.71. The minimum Gasteiger partial charge on any atom is -0.466 e. The number of nitrogens with zero attached hydrogens (tertiary/aromatic N) is 1. The SMILES string of the molecule is CCOC(=O)C1(CNc2ncccc2C(=O)NC)CCCC1. The molecule has 6 nitrogen and oxygen atoms in total. The van der Waals surface area contributed by atoms with Gasteiger partial charge < -0.3 is 15.4 Å². The number of rotatable bonds is 6. The Morgan fingerprint density at radius 3 is 2.73 bits per heavy atom. The Kier molecular flexibility index (Phi) is 5.35. The van der Waals surface area contributed by atoms with Gasteiger partial charge in [0.25, 0.3) is 5.91 Å². The molecule has 1 aliphatic rings. The predicted octanol–water partition coefficient (Wildman–Crippen LogP) is 1.98. The van der Waals surface area contributed by atoms with E-state index in [0.717, 1.165) is 25.7 Å². The van der Waals surface area contributed by atoms with E-state index >= 15 is 0 Å².